The van der Waals surface area contributed by atoms with Crippen LogP contribution in [-0.2, 0) is 4.79 Å². The Morgan fingerprint density at radius 1 is 1.25 bits per heavy atom. The average Bonchev–Trinajstić information content (AvgIpc) is 3.20. The number of benzene rings is 2. The molecule has 7 heteroatoms. The molecule has 3 aromatic rings. The third kappa shape index (κ3) is 4.90. The SMILES string of the molecule is COc1cc(Cl)c(C)cc1NC(=O)CN[C@H](c1ccc(F)cc1)c1cccs1. The van der Waals surface area contributed by atoms with Crippen molar-refractivity contribution in [2.45, 2.75) is 13.0 Å². The predicted octanol–water partition coefficient (Wildman–Crippen LogP) is 5.18. The van der Waals surface area contributed by atoms with Crippen LogP contribution in [0.5, 0.6) is 5.75 Å². The summed E-state index contributed by atoms with van der Waals surface area (Å²) in [7, 11) is 1.52. The molecule has 0 aliphatic carbocycles. The summed E-state index contributed by atoms with van der Waals surface area (Å²) in [5.74, 6) is -0.0161. The number of nitrogens with one attached hydrogen (secondary N) is 2. The van der Waals surface area contributed by atoms with Crippen LogP contribution in [0.1, 0.15) is 22.0 Å². The van der Waals surface area contributed by atoms with E-state index >= 15 is 0 Å². The maximum absolute atomic E-state index is 13.3. The van der Waals surface area contributed by atoms with Crippen LogP contribution in [0.3, 0.4) is 0 Å². The smallest absolute Gasteiger partial charge is 0.238 e. The second kappa shape index (κ2) is 9.19. The molecule has 0 saturated heterocycles. The van der Waals surface area contributed by atoms with Gasteiger partial charge in [-0.3, -0.25) is 10.1 Å². The van der Waals surface area contributed by atoms with Gasteiger partial charge in [-0.2, -0.15) is 0 Å². The lowest BCUT2D eigenvalue weighted by Gasteiger charge is -2.18. The van der Waals surface area contributed by atoms with Crippen molar-refractivity contribution in [1.82, 2.24) is 5.32 Å². The molecular weight excluding hydrogens is 399 g/mol. The molecule has 28 heavy (non-hydrogen) atoms. The van der Waals surface area contributed by atoms with Crippen molar-refractivity contribution < 1.29 is 13.9 Å². The molecule has 2 N–H and O–H groups in total. The number of carbonyl (C=O) groups is 1. The number of hydrogen-bond donors (Lipinski definition) is 2. The number of amides is 1. The standard InChI is InChI=1S/C21H20ClFN2O2S/c1-13-10-17(18(27-2)11-16(13)22)25-20(26)12-24-21(19-4-3-9-28-19)14-5-7-15(23)8-6-14/h3-11,21,24H,12H2,1-2H3,(H,25,26)/t21-/m1/s1. The number of methoxy groups -OCH3 is 1. The van der Waals surface area contributed by atoms with E-state index in [4.69, 9.17) is 16.3 Å². The van der Waals surface area contributed by atoms with Gasteiger partial charge in [0.25, 0.3) is 0 Å². The van der Waals surface area contributed by atoms with Crippen LogP contribution < -0.4 is 15.4 Å². The Balaban J connectivity index is 1.72. The molecule has 1 heterocycles. The lowest BCUT2D eigenvalue weighted by atomic mass is 10.1. The quantitative estimate of drug-likeness (QED) is 0.556. The van der Waals surface area contributed by atoms with Gasteiger partial charge in [0.1, 0.15) is 11.6 Å². The highest BCUT2D eigenvalue weighted by Gasteiger charge is 2.17. The minimum Gasteiger partial charge on any atom is -0.495 e. The van der Waals surface area contributed by atoms with Gasteiger partial charge in [0.2, 0.25) is 5.91 Å². The van der Waals surface area contributed by atoms with Crippen molar-refractivity contribution in [2.24, 2.45) is 0 Å². The first-order chi connectivity index (χ1) is 13.5. The lowest BCUT2D eigenvalue weighted by Crippen LogP contribution is -2.31. The van der Waals surface area contributed by atoms with E-state index in [0.29, 0.717) is 16.5 Å². The van der Waals surface area contributed by atoms with Crippen molar-refractivity contribution in [3.8, 4) is 5.75 Å². The molecule has 0 aliphatic rings. The summed E-state index contributed by atoms with van der Waals surface area (Å²) < 4.78 is 18.6. The Hall–Kier alpha value is -2.41. The zero-order valence-corrected chi connectivity index (χ0v) is 17.0. The van der Waals surface area contributed by atoms with E-state index in [1.807, 2.05) is 24.4 Å². The largest absolute Gasteiger partial charge is 0.495 e. The van der Waals surface area contributed by atoms with Gasteiger partial charge in [0, 0.05) is 16.0 Å². The zero-order valence-electron chi connectivity index (χ0n) is 15.5. The third-order valence-corrected chi connectivity index (χ3v) is 5.60. The Bertz CT molecular complexity index is 946. The number of ether oxygens (including phenoxy) is 1. The fourth-order valence-electron chi connectivity index (χ4n) is 2.81. The van der Waals surface area contributed by atoms with Crippen LogP contribution in [0.15, 0.2) is 53.9 Å². The molecule has 146 valence electrons. The second-order valence-electron chi connectivity index (χ2n) is 6.23. The summed E-state index contributed by atoms with van der Waals surface area (Å²) >= 11 is 7.68. The van der Waals surface area contributed by atoms with E-state index in [9.17, 15) is 9.18 Å². The predicted molar refractivity (Wildman–Crippen MR) is 112 cm³/mol. The van der Waals surface area contributed by atoms with Crippen LogP contribution in [0.2, 0.25) is 5.02 Å². The molecule has 4 nitrogen and oxygen atoms in total. The van der Waals surface area contributed by atoms with Crippen molar-refractivity contribution in [1.29, 1.82) is 0 Å². The molecule has 0 spiro atoms. The van der Waals surface area contributed by atoms with Crippen LogP contribution in [-0.4, -0.2) is 19.6 Å². The maximum atomic E-state index is 13.3. The van der Waals surface area contributed by atoms with E-state index in [1.54, 1.807) is 35.6 Å². The first-order valence-corrected chi connectivity index (χ1v) is 9.90. The van der Waals surface area contributed by atoms with E-state index in [2.05, 4.69) is 10.6 Å². The molecule has 1 amide bonds. The number of hydrogen-bond acceptors (Lipinski definition) is 4. The first-order valence-electron chi connectivity index (χ1n) is 8.64. The molecule has 1 aromatic heterocycles. The fraction of sp³-hybridized carbons (Fsp3) is 0.190. The summed E-state index contributed by atoms with van der Waals surface area (Å²) in [6.07, 6.45) is 0. The molecule has 0 radical (unpaired) electrons. The fourth-order valence-corrected chi connectivity index (χ4v) is 3.79. The van der Waals surface area contributed by atoms with Gasteiger partial charge in [-0.05, 0) is 47.7 Å². The van der Waals surface area contributed by atoms with E-state index < -0.39 is 0 Å². The lowest BCUT2D eigenvalue weighted by molar-refractivity contribution is -0.115. The third-order valence-electron chi connectivity index (χ3n) is 4.25. The Morgan fingerprint density at radius 2 is 2.00 bits per heavy atom. The monoisotopic (exact) mass is 418 g/mol. The summed E-state index contributed by atoms with van der Waals surface area (Å²) in [5, 5.41) is 8.64. The molecule has 0 bridgehead atoms. The van der Waals surface area contributed by atoms with E-state index in [-0.39, 0.29) is 24.3 Å². The molecule has 0 unspecified atom stereocenters. The van der Waals surface area contributed by atoms with Crippen LogP contribution in [0.25, 0.3) is 0 Å². The Labute approximate surface area is 172 Å². The number of thiophene rings is 1. The number of anilines is 1. The van der Waals surface area contributed by atoms with Gasteiger partial charge < -0.3 is 10.1 Å². The highest BCUT2D eigenvalue weighted by atomic mass is 35.5. The topological polar surface area (TPSA) is 50.4 Å². The molecule has 0 saturated carbocycles. The summed E-state index contributed by atoms with van der Waals surface area (Å²) in [5.41, 5.74) is 2.29. The molecule has 0 fully saturated rings. The van der Waals surface area contributed by atoms with Gasteiger partial charge in [-0.1, -0.05) is 29.8 Å². The molecule has 0 aliphatic heterocycles. The van der Waals surface area contributed by atoms with Crippen LogP contribution in [0.4, 0.5) is 10.1 Å². The van der Waals surface area contributed by atoms with Crippen LogP contribution >= 0.6 is 22.9 Å². The zero-order chi connectivity index (χ0) is 20.1. The number of halogens is 2. The highest BCUT2D eigenvalue weighted by molar-refractivity contribution is 7.10. The Morgan fingerprint density at radius 3 is 2.64 bits per heavy atom. The van der Waals surface area contributed by atoms with Crippen molar-refractivity contribution in [3.05, 3.63) is 80.8 Å². The molecule has 1 atom stereocenters. The summed E-state index contributed by atoms with van der Waals surface area (Å²) in [4.78, 5) is 13.6. The maximum Gasteiger partial charge on any atom is 0.238 e. The van der Waals surface area contributed by atoms with E-state index in [0.717, 1.165) is 16.0 Å². The Kier molecular flexibility index (Phi) is 6.67. The van der Waals surface area contributed by atoms with Gasteiger partial charge >= 0.3 is 0 Å². The molecule has 3 rings (SSSR count). The summed E-state index contributed by atoms with van der Waals surface area (Å²) in [6.45, 7) is 1.93. The van der Waals surface area contributed by atoms with Gasteiger partial charge in [-0.25, -0.2) is 4.39 Å². The van der Waals surface area contributed by atoms with Crippen LogP contribution in [0, 0.1) is 12.7 Å². The highest BCUT2D eigenvalue weighted by Crippen LogP contribution is 2.31. The normalized spacial score (nSPS) is 11.9. The van der Waals surface area contributed by atoms with Crippen molar-refractivity contribution in [3.63, 3.8) is 0 Å². The van der Waals surface area contributed by atoms with Gasteiger partial charge in [0.05, 0.1) is 25.4 Å². The minimum atomic E-state index is -0.295. The van der Waals surface area contributed by atoms with Gasteiger partial charge in [-0.15, -0.1) is 11.3 Å². The first kappa shape index (κ1) is 20.3. The number of aryl methyl sites for hydroxylation is 1. The summed E-state index contributed by atoms with van der Waals surface area (Å²) in [6, 6.07) is 13.4. The number of rotatable bonds is 7. The van der Waals surface area contributed by atoms with Gasteiger partial charge in [0.15, 0.2) is 0 Å². The average molecular weight is 419 g/mol. The number of carbonyl (C=O) groups excluding carboxylic acids is 1. The van der Waals surface area contributed by atoms with Crippen molar-refractivity contribution in [2.75, 3.05) is 19.0 Å². The molecule has 2 aromatic carbocycles. The minimum absolute atomic E-state index is 0.0742. The molecular formula is C21H20ClFN2O2S. The van der Waals surface area contributed by atoms with E-state index in [1.165, 1.54) is 19.2 Å². The second-order valence-corrected chi connectivity index (χ2v) is 7.62. The van der Waals surface area contributed by atoms with Crippen molar-refractivity contribution >= 4 is 34.5 Å².